The van der Waals surface area contributed by atoms with Crippen LogP contribution in [0, 0.1) is 5.92 Å². The van der Waals surface area contributed by atoms with Crippen molar-refractivity contribution in [3.8, 4) is 0 Å². The van der Waals surface area contributed by atoms with Gasteiger partial charge in [-0.05, 0) is 5.56 Å². The van der Waals surface area contributed by atoms with Crippen LogP contribution in [0.2, 0.25) is 5.82 Å². The number of benzene rings is 1. The van der Waals surface area contributed by atoms with E-state index >= 15 is 0 Å². The number of hydrogen-bond donors (Lipinski definition) is 0. The van der Waals surface area contributed by atoms with Crippen LogP contribution in [0.15, 0.2) is 30.3 Å². The van der Waals surface area contributed by atoms with E-state index < -0.39 is 24.7 Å². The van der Waals surface area contributed by atoms with Crippen molar-refractivity contribution in [2.75, 3.05) is 0 Å². The summed E-state index contributed by atoms with van der Waals surface area (Å²) in [4.78, 5) is 11.3. The zero-order valence-electron chi connectivity index (χ0n) is 9.98. The molecule has 0 aromatic heterocycles. The van der Waals surface area contributed by atoms with Gasteiger partial charge in [0.25, 0.3) is 0 Å². The second-order valence-electron chi connectivity index (χ2n) is 4.22. The molecule has 18 heavy (non-hydrogen) atoms. The molecule has 7 heteroatoms. The number of esters is 1. The molecular weight excluding hydrogens is 271 g/mol. The molecule has 1 aromatic rings. The summed E-state index contributed by atoms with van der Waals surface area (Å²) in [6, 6.07) is 8.88. The predicted molar refractivity (Wildman–Crippen MR) is 57.2 cm³/mol. The zero-order valence-corrected chi connectivity index (χ0v) is 13.1. The summed E-state index contributed by atoms with van der Waals surface area (Å²) in [5.74, 6) is -3.16. The molecule has 0 radical (unpaired) electrons. The summed E-state index contributed by atoms with van der Waals surface area (Å²) in [6.45, 7) is -4.87. The van der Waals surface area contributed by atoms with Crippen molar-refractivity contribution < 1.29 is 73.9 Å². The van der Waals surface area contributed by atoms with Crippen LogP contribution in [0.4, 0.5) is 12.9 Å². The number of hydrogen-bond acceptors (Lipinski definition) is 2. The molecule has 0 aliphatic heterocycles. The maximum absolute atomic E-state index is 12.3. The monoisotopic (exact) mass is 282 g/mol. The quantitative estimate of drug-likeness (QED) is 0.573. The third kappa shape index (κ3) is 4.38. The Morgan fingerprint density at radius 3 is 2.39 bits per heavy atom. The van der Waals surface area contributed by atoms with Crippen molar-refractivity contribution in [2.24, 2.45) is 5.92 Å². The molecule has 0 N–H and O–H groups in total. The average Bonchev–Trinajstić information content (AvgIpc) is 3.06. The van der Waals surface area contributed by atoms with Crippen molar-refractivity contribution in [3.63, 3.8) is 0 Å². The van der Waals surface area contributed by atoms with Gasteiger partial charge >= 0.3 is 64.3 Å². The number of halogens is 3. The van der Waals surface area contributed by atoms with Gasteiger partial charge in [0.1, 0.15) is 6.61 Å². The van der Waals surface area contributed by atoms with Crippen LogP contribution < -0.4 is 51.4 Å². The van der Waals surface area contributed by atoms with E-state index in [0.29, 0.717) is 0 Å². The minimum Gasteiger partial charge on any atom is -0.461 e. The van der Waals surface area contributed by atoms with Crippen molar-refractivity contribution in [2.45, 2.75) is 18.8 Å². The van der Waals surface area contributed by atoms with Gasteiger partial charge in [-0.3, -0.25) is 4.79 Å². The maximum atomic E-state index is 12.3. The first-order chi connectivity index (χ1) is 7.98. The molecule has 0 heterocycles. The molecule has 0 spiro atoms. The van der Waals surface area contributed by atoms with E-state index in [-0.39, 0.29) is 64.4 Å². The molecule has 2 nitrogen and oxygen atoms in total. The smallest absolute Gasteiger partial charge is 0.461 e. The van der Waals surface area contributed by atoms with Gasteiger partial charge in [0.2, 0.25) is 0 Å². The second-order valence-corrected chi connectivity index (χ2v) is 4.22. The van der Waals surface area contributed by atoms with Crippen molar-refractivity contribution in [1.82, 2.24) is 0 Å². The molecule has 1 aliphatic carbocycles. The van der Waals surface area contributed by atoms with Crippen LogP contribution in [0.3, 0.4) is 0 Å². The SMILES string of the molecule is O=C(OCc1ccccc1)[C@@H]1C[C@H]1[B-](F)(F)F.[K+]. The Kier molecular flexibility index (Phi) is 5.92. The summed E-state index contributed by atoms with van der Waals surface area (Å²) in [5.41, 5.74) is 0.774. The minimum atomic E-state index is -4.90. The summed E-state index contributed by atoms with van der Waals surface area (Å²) >= 11 is 0. The Bertz CT molecular complexity index is 410. The van der Waals surface area contributed by atoms with Gasteiger partial charge in [-0.25, -0.2) is 0 Å². The van der Waals surface area contributed by atoms with Crippen LogP contribution in [-0.2, 0) is 16.1 Å². The molecule has 0 amide bonds. The van der Waals surface area contributed by atoms with Gasteiger partial charge in [-0.2, -0.15) is 0 Å². The molecule has 0 unspecified atom stereocenters. The van der Waals surface area contributed by atoms with Crippen LogP contribution in [0.1, 0.15) is 12.0 Å². The fourth-order valence-corrected chi connectivity index (χ4v) is 1.74. The first kappa shape index (κ1) is 16.2. The van der Waals surface area contributed by atoms with E-state index in [4.69, 9.17) is 4.74 Å². The van der Waals surface area contributed by atoms with E-state index in [1.165, 1.54) is 0 Å². The van der Waals surface area contributed by atoms with Crippen LogP contribution in [0.25, 0.3) is 0 Å². The summed E-state index contributed by atoms with van der Waals surface area (Å²) < 4.78 is 41.7. The standard InChI is InChI=1S/C11H11BF3O2.K/c13-12(14,15)10-6-9(10)11(16)17-7-8-4-2-1-3-5-8;/h1-5,9-10H,6-7H2;/q-1;+1/t9-,10-;/m1./s1. The molecular formula is C11H11BF3KO2. The molecule has 1 fully saturated rings. The first-order valence-electron chi connectivity index (χ1n) is 5.39. The molecule has 92 valence electrons. The van der Waals surface area contributed by atoms with E-state index in [1.807, 2.05) is 6.07 Å². The third-order valence-electron chi connectivity index (χ3n) is 2.85. The molecule has 0 bridgehead atoms. The number of carbonyl (C=O) groups excluding carboxylic acids is 1. The topological polar surface area (TPSA) is 26.3 Å². The fourth-order valence-electron chi connectivity index (χ4n) is 1.74. The van der Waals surface area contributed by atoms with Crippen LogP contribution >= 0.6 is 0 Å². The van der Waals surface area contributed by atoms with Crippen molar-refractivity contribution in [3.05, 3.63) is 35.9 Å². The molecule has 0 saturated heterocycles. The Hall–Kier alpha value is 0.181. The Labute approximate surface area is 146 Å². The first-order valence-corrected chi connectivity index (χ1v) is 5.39. The molecule has 1 aliphatic rings. The Morgan fingerprint density at radius 1 is 1.28 bits per heavy atom. The number of ether oxygens (including phenoxy) is 1. The van der Waals surface area contributed by atoms with Gasteiger partial charge in [-0.1, -0.05) is 42.6 Å². The molecule has 1 aromatic carbocycles. The Morgan fingerprint density at radius 2 is 1.89 bits per heavy atom. The van der Waals surface area contributed by atoms with E-state index in [9.17, 15) is 17.7 Å². The van der Waals surface area contributed by atoms with Gasteiger partial charge in [0, 0.05) is 5.92 Å². The molecule has 1 saturated carbocycles. The summed E-state index contributed by atoms with van der Waals surface area (Å²) in [5, 5.41) is 0. The summed E-state index contributed by atoms with van der Waals surface area (Å²) in [6.07, 6.45) is -0.114. The van der Waals surface area contributed by atoms with Crippen molar-refractivity contribution >= 4 is 12.9 Å². The number of rotatable bonds is 4. The number of carbonyl (C=O) groups is 1. The van der Waals surface area contributed by atoms with Gasteiger partial charge in [0.15, 0.2) is 0 Å². The van der Waals surface area contributed by atoms with Gasteiger partial charge < -0.3 is 17.7 Å². The average molecular weight is 282 g/mol. The summed E-state index contributed by atoms with van der Waals surface area (Å²) in [7, 11) is 0. The fraction of sp³-hybridized carbons (Fsp3) is 0.364. The van der Waals surface area contributed by atoms with E-state index in [1.54, 1.807) is 24.3 Å². The van der Waals surface area contributed by atoms with Crippen LogP contribution in [-0.4, -0.2) is 12.9 Å². The van der Waals surface area contributed by atoms with Gasteiger partial charge in [-0.15, -0.1) is 0 Å². The zero-order chi connectivity index (χ0) is 12.5. The van der Waals surface area contributed by atoms with E-state index in [0.717, 1.165) is 5.56 Å². The maximum Gasteiger partial charge on any atom is 1.00 e. The predicted octanol–water partition coefficient (Wildman–Crippen LogP) is -0.0287. The molecule has 2 atom stereocenters. The van der Waals surface area contributed by atoms with Crippen LogP contribution in [0.5, 0.6) is 0 Å². The van der Waals surface area contributed by atoms with E-state index in [2.05, 4.69) is 0 Å². The Balaban J connectivity index is 0.00000162. The second kappa shape index (κ2) is 6.56. The third-order valence-corrected chi connectivity index (χ3v) is 2.85. The van der Waals surface area contributed by atoms with Crippen molar-refractivity contribution in [1.29, 1.82) is 0 Å². The normalized spacial score (nSPS) is 21.9. The minimum absolute atomic E-state index is 0. The largest absolute Gasteiger partial charge is 1.00 e. The molecule has 2 rings (SSSR count). The van der Waals surface area contributed by atoms with Gasteiger partial charge in [0.05, 0.1) is 0 Å².